The summed E-state index contributed by atoms with van der Waals surface area (Å²) in [7, 11) is 0. The van der Waals surface area contributed by atoms with Crippen LogP contribution in [-0.2, 0) is 0 Å². The third-order valence-corrected chi connectivity index (χ3v) is 3.85. The molecule has 0 saturated carbocycles. The van der Waals surface area contributed by atoms with E-state index in [-0.39, 0.29) is 0 Å². The molecule has 1 aromatic heterocycles. The van der Waals surface area contributed by atoms with Crippen molar-refractivity contribution in [1.29, 1.82) is 0 Å². The van der Waals surface area contributed by atoms with Crippen LogP contribution in [0.15, 0.2) is 42.7 Å². The molecule has 2 heterocycles. The Bertz CT molecular complexity index is 590. The Labute approximate surface area is 131 Å². The van der Waals surface area contributed by atoms with Crippen molar-refractivity contribution in [2.75, 3.05) is 31.6 Å². The zero-order valence-electron chi connectivity index (χ0n) is 12.9. The summed E-state index contributed by atoms with van der Waals surface area (Å²) in [6.45, 7) is 5.79. The second-order valence-corrected chi connectivity index (χ2v) is 5.64. The molecule has 1 unspecified atom stereocenters. The van der Waals surface area contributed by atoms with Crippen LogP contribution in [0.5, 0.6) is 5.75 Å². The van der Waals surface area contributed by atoms with Gasteiger partial charge >= 0.3 is 0 Å². The van der Waals surface area contributed by atoms with E-state index in [0.717, 1.165) is 49.9 Å². The van der Waals surface area contributed by atoms with Crippen LogP contribution in [0.1, 0.15) is 12.1 Å². The number of rotatable bonds is 6. The van der Waals surface area contributed by atoms with Crippen molar-refractivity contribution >= 4 is 5.82 Å². The van der Waals surface area contributed by atoms with Crippen molar-refractivity contribution in [3.8, 4) is 5.75 Å². The van der Waals surface area contributed by atoms with Crippen LogP contribution in [0.4, 0.5) is 5.82 Å². The molecule has 0 radical (unpaired) electrons. The normalized spacial score (nSPS) is 18.3. The molecule has 1 aliphatic rings. The number of para-hydroxylation sites is 1. The number of anilines is 1. The zero-order valence-corrected chi connectivity index (χ0v) is 12.9. The van der Waals surface area contributed by atoms with Gasteiger partial charge in [-0.05, 0) is 25.5 Å². The van der Waals surface area contributed by atoms with E-state index in [1.165, 1.54) is 0 Å². The Hall–Kier alpha value is -2.14. The van der Waals surface area contributed by atoms with Crippen molar-refractivity contribution in [3.63, 3.8) is 0 Å². The maximum Gasteiger partial charge on any atom is 0.129 e. The molecule has 22 heavy (non-hydrogen) atoms. The van der Waals surface area contributed by atoms with Crippen LogP contribution in [0.2, 0.25) is 0 Å². The van der Waals surface area contributed by atoms with Crippen LogP contribution >= 0.6 is 0 Å². The minimum atomic E-state index is 0.450. The first-order valence-electron chi connectivity index (χ1n) is 7.75. The van der Waals surface area contributed by atoms with Gasteiger partial charge in [0.05, 0.1) is 0 Å². The first kappa shape index (κ1) is 14.8. The van der Waals surface area contributed by atoms with Gasteiger partial charge in [0.25, 0.3) is 0 Å². The molecule has 3 rings (SSSR count). The molecule has 0 spiro atoms. The average Bonchev–Trinajstić information content (AvgIpc) is 2.96. The van der Waals surface area contributed by atoms with Gasteiger partial charge in [-0.25, -0.2) is 9.97 Å². The Morgan fingerprint density at radius 1 is 1.27 bits per heavy atom. The lowest BCUT2D eigenvalue weighted by Gasteiger charge is -2.17. The fourth-order valence-corrected chi connectivity index (χ4v) is 2.71. The summed E-state index contributed by atoms with van der Waals surface area (Å²) >= 11 is 0. The Balaban J connectivity index is 1.41. The number of ether oxygens (including phenoxy) is 1. The molecule has 0 amide bonds. The van der Waals surface area contributed by atoms with Crippen molar-refractivity contribution in [2.45, 2.75) is 19.4 Å². The quantitative estimate of drug-likeness (QED) is 0.887. The van der Waals surface area contributed by atoms with Crippen LogP contribution in [0.3, 0.4) is 0 Å². The minimum absolute atomic E-state index is 0.450. The maximum atomic E-state index is 5.75. The molecule has 1 saturated heterocycles. The molecule has 0 bridgehead atoms. The fraction of sp³-hybridized carbons (Fsp3) is 0.412. The second kappa shape index (κ2) is 7.22. The molecule has 5 nitrogen and oxygen atoms in total. The lowest BCUT2D eigenvalue weighted by Crippen LogP contribution is -2.29. The summed E-state index contributed by atoms with van der Waals surface area (Å²) in [5.74, 6) is 1.85. The van der Waals surface area contributed by atoms with Gasteiger partial charge in [0.2, 0.25) is 0 Å². The van der Waals surface area contributed by atoms with Gasteiger partial charge in [-0.2, -0.15) is 0 Å². The topological polar surface area (TPSA) is 50.3 Å². The number of aromatic nitrogens is 2. The smallest absolute Gasteiger partial charge is 0.129 e. The predicted octanol–water partition coefficient (Wildman–Crippen LogP) is 2.35. The number of hydrogen-bond acceptors (Lipinski definition) is 5. The molecule has 1 fully saturated rings. The second-order valence-electron chi connectivity index (χ2n) is 5.64. The lowest BCUT2D eigenvalue weighted by molar-refractivity contribution is 0.237. The highest BCUT2D eigenvalue weighted by Gasteiger charge is 2.22. The number of hydrogen-bond donors (Lipinski definition) is 1. The van der Waals surface area contributed by atoms with Crippen LogP contribution in [0.25, 0.3) is 0 Å². The van der Waals surface area contributed by atoms with E-state index < -0.39 is 0 Å². The van der Waals surface area contributed by atoms with Crippen molar-refractivity contribution in [1.82, 2.24) is 14.9 Å². The summed E-state index contributed by atoms with van der Waals surface area (Å²) in [5, 5.41) is 3.49. The lowest BCUT2D eigenvalue weighted by atomic mass is 10.2. The van der Waals surface area contributed by atoms with E-state index in [1.54, 1.807) is 6.33 Å². The van der Waals surface area contributed by atoms with Gasteiger partial charge in [0.15, 0.2) is 0 Å². The summed E-state index contributed by atoms with van der Waals surface area (Å²) in [5.41, 5.74) is 0.989. The van der Waals surface area contributed by atoms with Gasteiger partial charge in [-0.3, -0.25) is 4.90 Å². The number of benzene rings is 1. The fourth-order valence-electron chi connectivity index (χ4n) is 2.71. The monoisotopic (exact) mass is 298 g/mol. The SMILES string of the molecule is Cc1cc(NC2CCN(CCOc3ccccc3)C2)ncn1. The van der Waals surface area contributed by atoms with Crippen LogP contribution in [-0.4, -0.2) is 47.2 Å². The highest BCUT2D eigenvalue weighted by atomic mass is 16.5. The maximum absolute atomic E-state index is 5.75. The van der Waals surface area contributed by atoms with Gasteiger partial charge in [-0.1, -0.05) is 18.2 Å². The van der Waals surface area contributed by atoms with Gasteiger partial charge < -0.3 is 10.1 Å². The summed E-state index contributed by atoms with van der Waals surface area (Å²) in [6.07, 6.45) is 2.74. The molecule has 5 heteroatoms. The molecular formula is C17H22N4O. The average molecular weight is 298 g/mol. The largest absolute Gasteiger partial charge is 0.492 e. The molecule has 1 N–H and O–H groups in total. The summed E-state index contributed by atoms with van der Waals surface area (Å²) in [6, 6.07) is 12.4. The third kappa shape index (κ3) is 4.18. The standard InChI is InChI=1S/C17H22N4O/c1-14-11-17(19-13-18-14)20-15-7-8-21(12-15)9-10-22-16-5-3-2-4-6-16/h2-6,11,13,15H,7-10,12H2,1H3,(H,18,19,20). The minimum Gasteiger partial charge on any atom is -0.492 e. The number of nitrogens with one attached hydrogen (secondary N) is 1. The number of nitrogens with zero attached hydrogens (tertiary/aromatic N) is 3. The van der Waals surface area contributed by atoms with E-state index in [4.69, 9.17) is 4.74 Å². The summed E-state index contributed by atoms with van der Waals surface area (Å²) < 4.78 is 5.75. The van der Waals surface area contributed by atoms with E-state index in [0.29, 0.717) is 6.04 Å². The molecule has 116 valence electrons. The highest BCUT2D eigenvalue weighted by molar-refractivity contribution is 5.36. The van der Waals surface area contributed by atoms with E-state index in [2.05, 4.69) is 20.2 Å². The third-order valence-electron chi connectivity index (χ3n) is 3.85. The van der Waals surface area contributed by atoms with E-state index in [9.17, 15) is 0 Å². The van der Waals surface area contributed by atoms with Crippen molar-refractivity contribution in [3.05, 3.63) is 48.4 Å². The Kier molecular flexibility index (Phi) is 4.85. The Morgan fingerprint density at radius 2 is 2.14 bits per heavy atom. The molecular weight excluding hydrogens is 276 g/mol. The molecule has 2 aromatic rings. The van der Waals surface area contributed by atoms with Gasteiger partial charge in [0.1, 0.15) is 24.5 Å². The van der Waals surface area contributed by atoms with Crippen LogP contribution < -0.4 is 10.1 Å². The molecule has 0 aliphatic carbocycles. The number of aryl methyl sites for hydroxylation is 1. The summed E-state index contributed by atoms with van der Waals surface area (Å²) in [4.78, 5) is 10.8. The van der Waals surface area contributed by atoms with Gasteiger partial charge in [-0.15, -0.1) is 0 Å². The first-order valence-corrected chi connectivity index (χ1v) is 7.75. The molecule has 1 aromatic carbocycles. The van der Waals surface area contributed by atoms with E-state index in [1.807, 2.05) is 43.3 Å². The molecule has 1 aliphatic heterocycles. The van der Waals surface area contributed by atoms with Gasteiger partial charge in [0, 0.05) is 37.4 Å². The molecule has 1 atom stereocenters. The van der Waals surface area contributed by atoms with Crippen molar-refractivity contribution < 1.29 is 4.74 Å². The van der Waals surface area contributed by atoms with E-state index >= 15 is 0 Å². The van der Waals surface area contributed by atoms with Crippen molar-refractivity contribution in [2.24, 2.45) is 0 Å². The Morgan fingerprint density at radius 3 is 2.95 bits per heavy atom. The van der Waals surface area contributed by atoms with Crippen LogP contribution in [0, 0.1) is 6.92 Å². The number of likely N-dealkylation sites (tertiary alicyclic amines) is 1. The predicted molar refractivity (Wildman–Crippen MR) is 87.2 cm³/mol. The zero-order chi connectivity index (χ0) is 15.2. The highest BCUT2D eigenvalue weighted by Crippen LogP contribution is 2.15. The first-order chi connectivity index (χ1) is 10.8.